The fraction of sp³-hybridized carbons (Fsp3) is 1.00. The van der Waals surface area contributed by atoms with Gasteiger partial charge in [0, 0.05) is 31.3 Å². The van der Waals surface area contributed by atoms with Crippen molar-refractivity contribution in [2.24, 2.45) is 11.7 Å². The molecule has 2 atom stereocenters. The van der Waals surface area contributed by atoms with Crippen LogP contribution >= 0.6 is 0 Å². The van der Waals surface area contributed by atoms with Gasteiger partial charge < -0.3 is 10.5 Å². The summed E-state index contributed by atoms with van der Waals surface area (Å²) in [7, 11) is 0. The lowest BCUT2D eigenvalue weighted by Gasteiger charge is -2.37. The standard InChI is InChI=1S/C14H28N2O/c1-11(2)5-7-17-8-6-16-13-3-4-14(16)10-12(15)9-13/h11-14H,3-10,15H2,1-2H3. The summed E-state index contributed by atoms with van der Waals surface area (Å²) >= 11 is 0. The molecule has 0 aromatic rings. The summed E-state index contributed by atoms with van der Waals surface area (Å²) < 4.78 is 5.73. The third-order valence-corrected chi connectivity index (χ3v) is 4.25. The molecule has 0 aliphatic carbocycles. The molecule has 2 rings (SSSR count). The van der Waals surface area contributed by atoms with Crippen LogP contribution in [0.15, 0.2) is 0 Å². The first kappa shape index (κ1) is 13.3. The van der Waals surface area contributed by atoms with E-state index in [2.05, 4.69) is 18.7 Å². The molecular weight excluding hydrogens is 212 g/mol. The second-order valence-electron chi connectivity index (χ2n) is 6.15. The van der Waals surface area contributed by atoms with Crippen molar-refractivity contribution in [2.45, 2.75) is 64.1 Å². The van der Waals surface area contributed by atoms with E-state index in [4.69, 9.17) is 10.5 Å². The van der Waals surface area contributed by atoms with Crippen molar-refractivity contribution in [1.82, 2.24) is 4.90 Å². The molecule has 0 aromatic heterocycles. The Morgan fingerprint density at radius 2 is 1.82 bits per heavy atom. The molecule has 2 saturated heterocycles. The molecule has 2 aliphatic rings. The van der Waals surface area contributed by atoms with Gasteiger partial charge in [0.2, 0.25) is 0 Å². The Morgan fingerprint density at radius 3 is 2.41 bits per heavy atom. The van der Waals surface area contributed by atoms with Crippen LogP contribution in [0.25, 0.3) is 0 Å². The molecule has 2 fully saturated rings. The van der Waals surface area contributed by atoms with E-state index < -0.39 is 0 Å². The molecule has 2 unspecified atom stereocenters. The molecular formula is C14H28N2O. The largest absolute Gasteiger partial charge is 0.380 e. The third-order valence-electron chi connectivity index (χ3n) is 4.25. The van der Waals surface area contributed by atoms with Gasteiger partial charge in [-0.15, -0.1) is 0 Å². The summed E-state index contributed by atoms with van der Waals surface area (Å²) in [4.78, 5) is 2.65. The molecule has 0 spiro atoms. The second-order valence-corrected chi connectivity index (χ2v) is 6.15. The normalized spacial score (nSPS) is 33.5. The SMILES string of the molecule is CC(C)CCOCCN1C2CCC1CC(N)C2. The number of nitrogens with two attached hydrogens (primary N) is 1. The maximum Gasteiger partial charge on any atom is 0.0593 e. The average Bonchev–Trinajstić information content (AvgIpc) is 2.51. The maximum absolute atomic E-state index is 6.07. The average molecular weight is 240 g/mol. The van der Waals surface area contributed by atoms with Gasteiger partial charge >= 0.3 is 0 Å². The van der Waals surface area contributed by atoms with E-state index in [1.165, 1.54) is 32.1 Å². The van der Waals surface area contributed by atoms with E-state index in [0.717, 1.165) is 37.8 Å². The molecule has 2 N–H and O–H groups in total. The lowest BCUT2D eigenvalue weighted by atomic mass is 9.98. The van der Waals surface area contributed by atoms with Crippen LogP contribution in [-0.4, -0.2) is 42.8 Å². The number of hydrogen-bond donors (Lipinski definition) is 1. The summed E-state index contributed by atoms with van der Waals surface area (Å²) in [5.41, 5.74) is 6.07. The zero-order chi connectivity index (χ0) is 12.3. The van der Waals surface area contributed by atoms with Crippen molar-refractivity contribution in [3.63, 3.8) is 0 Å². The van der Waals surface area contributed by atoms with Crippen LogP contribution in [0.5, 0.6) is 0 Å². The summed E-state index contributed by atoms with van der Waals surface area (Å²) in [6.45, 7) is 7.42. The molecule has 0 saturated carbocycles. The Bertz CT molecular complexity index is 218. The lowest BCUT2D eigenvalue weighted by Crippen LogP contribution is -2.48. The molecule has 100 valence electrons. The Labute approximate surface area is 106 Å². The maximum atomic E-state index is 6.07. The van der Waals surface area contributed by atoms with Gasteiger partial charge in [-0.3, -0.25) is 4.90 Å². The number of piperidine rings is 1. The predicted octanol–water partition coefficient (Wildman–Crippen LogP) is 2.00. The second kappa shape index (κ2) is 6.17. The fourth-order valence-corrected chi connectivity index (χ4v) is 3.27. The first-order chi connectivity index (χ1) is 8.16. The summed E-state index contributed by atoms with van der Waals surface area (Å²) in [6.07, 6.45) is 6.28. The lowest BCUT2D eigenvalue weighted by molar-refractivity contribution is 0.0592. The van der Waals surface area contributed by atoms with Crippen LogP contribution in [0.4, 0.5) is 0 Å². The van der Waals surface area contributed by atoms with E-state index in [9.17, 15) is 0 Å². The Hall–Kier alpha value is -0.120. The molecule has 3 nitrogen and oxygen atoms in total. The van der Waals surface area contributed by atoms with Gasteiger partial charge in [0.1, 0.15) is 0 Å². The van der Waals surface area contributed by atoms with Gasteiger partial charge in [-0.25, -0.2) is 0 Å². The molecule has 2 aliphatic heterocycles. The van der Waals surface area contributed by atoms with E-state index in [1.807, 2.05) is 0 Å². The minimum absolute atomic E-state index is 0.450. The highest BCUT2D eigenvalue weighted by atomic mass is 16.5. The zero-order valence-corrected chi connectivity index (χ0v) is 11.4. The third kappa shape index (κ3) is 3.67. The highest BCUT2D eigenvalue weighted by Crippen LogP contribution is 2.34. The highest BCUT2D eigenvalue weighted by molar-refractivity contribution is 4.96. The van der Waals surface area contributed by atoms with Gasteiger partial charge in [0.15, 0.2) is 0 Å². The van der Waals surface area contributed by atoms with Gasteiger partial charge in [0.25, 0.3) is 0 Å². The number of hydrogen-bond acceptors (Lipinski definition) is 3. The van der Waals surface area contributed by atoms with E-state index in [-0.39, 0.29) is 0 Å². The first-order valence-corrected chi connectivity index (χ1v) is 7.26. The van der Waals surface area contributed by atoms with Crippen LogP contribution in [-0.2, 0) is 4.74 Å². The molecule has 0 amide bonds. The molecule has 0 aromatic carbocycles. The van der Waals surface area contributed by atoms with Crippen LogP contribution in [0.3, 0.4) is 0 Å². The van der Waals surface area contributed by atoms with Crippen molar-refractivity contribution in [3.8, 4) is 0 Å². The quantitative estimate of drug-likeness (QED) is 0.722. The predicted molar refractivity (Wildman–Crippen MR) is 71.0 cm³/mol. The summed E-state index contributed by atoms with van der Waals surface area (Å²) in [5.74, 6) is 0.749. The number of nitrogens with zero attached hydrogens (tertiary/aromatic N) is 1. The highest BCUT2D eigenvalue weighted by Gasteiger charge is 2.38. The van der Waals surface area contributed by atoms with E-state index >= 15 is 0 Å². The fourth-order valence-electron chi connectivity index (χ4n) is 3.27. The van der Waals surface area contributed by atoms with E-state index in [0.29, 0.717) is 6.04 Å². The van der Waals surface area contributed by atoms with Crippen molar-refractivity contribution < 1.29 is 4.74 Å². The number of ether oxygens (including phenoxy) is 1. The topological polar surface area (TPSA) is 38.5 Å². The molecule has 2 bridgehead atoms. The molecule has 3 heteroatoms. The number of rotatable bonds is 6. The van der Waals surface area contributed by atoms with Gasteiger partial charge in [-0.05, 0) is 38.0 Å². The van der Waals surface area contributed by atoms with Crippen molar-refractivity contribution in [1.29, 1.82) is 0 Å². The summed E-state index contributed by atoms with van der Waals surface area (Å²) in [5, 5.41) is 0. The van der Waals surface area contributed by atoms with Crippen molar-refractivity contribution in [3.05, 3.63) is 0 Å². The van der Waals surface area contributed by atoms with Crippen LogP contribution < -0.4 is 5.73 Å². The van der Waals surface area contributed by atoms with Crippen LogP contribution in [0.1, 0.15) is 46.0 Å². The zero-order valence-electron chi connectivity index (χ0n) is 11.4. The Kier molecular flexibility index (Phi) is 4.83. The smallest absolute Gasteiger partial charge is 0.0593 e. The molecule has 2 heterocycles. The Morgan fingerprint density at radius 1 is 1.18 bits per heavy atom. The van der Waals surface area contributed by atoms with Gasteiger partial charge in [-0.2, -0.15) is 0 Å². The number of fused-ring (bicyclic) bond motifs is 2. The monoisotopic (exact) mass is 240 g/mol. The Balaban J connectivity index is 1.63. The van der Waals surface area contributed by atoms with Crippen LogP contribution in [0.2, 0.25) is 0 Å². The van der Waals surface area contributed by atoms with Gasteiger partial charge in [-0.1, -0.05) is 13.8 Å². The minimum atomic E-state index is 0.450. The van der Waals surface area contributed by atoms with Crippen molar-refractivity contribution >= 4 is 0 Å². The van der Waals surface area contributed by atoms with E-state index in [1.54, 1.807) is 0 Å². The molecule has 17 heavy (non-hydrogen) atoms. The van der Waals surface area contributed by atoms with Crippen LogP contribution in [0, 0.1) is 5.92 Å². The first-order valence-electron chi connectivity index (χ1n) is 7.26. The summed E-state index contributed by atoms with van der Waals surface area (Å²) in [6, 6.07) is 1.94. The minimum Gasteiger partial charge on any atom is -0.380 e. The molecule has 0 radical (unpaired) electrons. The van der Waals surface area contributed by atoms with Gasteiger partial charge in [0.05, 0.1) is 6.61 Å². The van der Waals surface area contributed by atoms with Crippen molar-refractivity contribution in [2.75, 3.05) is 19.8 Å².